The number of benzene rings is 1. The lowest BCUT2D eigenvalue weighted by molar-refractivity contribution is 0.127. The Morgan fingerprint density at radius 2 is 2.10 bits per heavy atom. The van der Waals surface area contributed by atoms with Gasteiger partial charge in [-0.05, 0) is 54.9 Å². The highest BCUT2D eigenvalue weighted by Gasteiger charge is 2.24. The van der Waals surface area contributed by atoms with Crippen LogP contribution in [0.3, 0.4) is 0 Å². The van der Waals surface area contributed by atoms with Gasteiger partial charge in [0.15, 0.2) is 0 Å². The molecule has 0 spiro atoms. The summed E-state index contributed by atoms with van der Waals surface area (Å²) in [5.41, 5.74) is 2.87. The second-order valence-electron chi connectivity index (χ2n) is 5.70. The maximum Gasteiger partial charge on any atom is 0.132 e. The maximum atomic E-state index is 10.4. The van der Waals surface area contributed by atoms with Crippen LogP contribution < -0.4 is 0 Å². The minimum Gasteiger partial charge on any atom is -0.463 e. The molecule has 2 nitrogen and oxygen atoms in total. The fourth-order valence-corrected chi connectivity index (χ4v) is 3.25. The van der Waals surface area contributed by atoms with Crippen molar-refractivity contribution in [2.24, 2.45) is 0 Å². The number of furan rings is 1. The van der Waals surface area contributed by atoms with Gasteiger partial charge < -0.3 is 9.52 Å². The van der Waals surface area contributed by atoms with Crippen molar-refractivity contribution in [3.05, 3.63) is 59.0 Å². The van der Waals surface area contributed by atoms with E-state index in [-0.39, 0.29) is 0 Å². The van der Waals surface area contributed by atoms with Crippen molar-refractivity contribution in [3.63, 3.8) is 0 Å². The molecule has 0 saturated carbocycles. The molecule has 1 aliphatic rings. The van der Waals surface area contributed by atoms with E-state index >= 15 is 0 Å². The first-order valence-electron chi connectivity index (χ1n) is 7.62. The standard InChI is InChI=1S/C18H22O2/c1-2-15-10-11-18(20-15)17(19)12-14-8-5-7-13-6-3-4-9-16(13)14/h3-4,6,9-11,14,17,19H,2,5,7-8,12H2,1H3. The van der Waals surface area contributed by atoms with Crippen LogP contribution >= 0.6 is 0 Å². The minimum absolute atomic E-state index is 0.449. The Morgan fingerprint density at radius 3 is 2.90 bits per heavy atom. The van der Waals surface area contributed by atoms with E-state index in [1.807, 2.05) is 12.1 Å². The Balaban J connectivity index is 1.75. The van der Waals surface area contributed by atoms with Gasteiger partial charge in [-0.25, -0.2) is 0 Å². The van der Waals surface area contributed by atoms with Gasteiger partial charge in [-0.15, -0.1) is 0 Å². The first kappa shape index (κ1) is 13.4. The molecule has 0 radical (unpaired) electrons. The first-order valence-corrected chi connectivity index (χ1v) is 7.62. The monoisotopic (exact) mass is 270 g/mol. The second-order valence-corrected chi connectivity index (χ2v) is 5.70. The van der Waals surface area contributed by atoms with Gasteiger partial charge in [-0.2, -0.15) is 0 Å². The number of fused-ring (bicyclic) bond motifs is 1. The molecule has 1 aromatic heterocycles. The highest BCUT2D eigenvalue weighted by molar-refractivity contribution is 5.32. The summed E-state index contributed by atoms with van der Waals surface area (Å²) in [5, 5.41) is 10.4. The predicted molar refractivity (Wildman–Crippen MR) is 79.8 cm³/mol. The molecule has 2 atom stereocenters. The number of aliphatic hydroxyl groups excluding tert-OH is 1. The third-order valence-electron chi connectivity index (χ3n) is 4.36. The molecule has 0 amide bonds. The zero-order chi connectivity index (χ0) is 13.9. The highest BCUT2D eigenvalue weighted by atomic mass is 16.4. The van der Waals surface area contributed by atoms with E-state index in [1.54, 1.807) is 0 Å². The molecule has 106 valence electrons. The highest BCUT2D eigenvalue weighted by Crippen LogP contribution is 2.37. The Kier molecular flexibility index (Phi) is 3.93. The third-order valence-corrected chi connectivity index (χ3v) is 4.36. The summed E-state index contributed by atoms with van der Waals surface area (Å²) >= 11 is 0. The van der Waals surface area contributed by atoms with Gasteiger partial charge in [0.25, 0.3) is 0 Å². The van der Waals surface area contributed by atoms with Crippen molar-refractivity contribution >= 4 is 0 Å². The average Bonchev–Trinajstić information content (AvgIpc) is 2.97. The first-order chi connectivity index (χ1) is 9.78. The summed E-state index contributed by atoms with van der Waals surface area (Å²) in [6, 6.07) is 12.5. The number of aliphatic hydroxyl groups is 1. The molecule has 1 aliphatic carbocycles. The van der Waals surface area contributed by atoms with E-state index in [9.17, 15) is 5.11 Å². The van der Waals surface area contributed by atoms with Gasteiger partial charge in [-0.3, -0.25) is 0 Å². The predicted octanol–water partition coefficient (Wildman–Crippen LogP) is 4.39. The molecule has 1 N–H and O–H groups in total. The molecule has 20 heavy (non-hydrogen) atoms. The number of aryl methyl sites for hydroxylation is 2. The summed E-state index contributed by atoms with van der Waals surface area (Å²) in [5.74, 6) is 2.11. The van der Waals surface area contributed by atoms with Gasteiger partial charge in [0.05, 0.1) is 0 Å². The maximum absolute atomic E-state index is 10.4. The zero-order valence-electron chi connectivity index (χ0n) is 12.0. The Morgan fingerprint density at radius 1 is 1.25 bits per heavy atom. The Bertz CT molecular complexity index is 570. The van der Waals surface area contributed by atoms with Crippen LogP contribution in [0.4, 0.5) is 0 Å². The number of hydrogen-bond donors (Lipinski definition) is 1. The SMILES string of the molecule is CCc1ccc(C(O)CC2CCCc3ccccc32)o1. The normalized spacial score (nSPS) is 19.6. The topological polar surface area (TPSA) is 33.4 Å². The lowest BCUT2D eigenvalue weighted by atomic mass is 9.80. The van der Waals surface area contributed by atoms with Crippen LogP contribution in [0.1, 0.15) is 60.9 Å². The quantitative estimate of drug-likeness (QED) is 0.894. The van der Waals surface area contributed by atoms with E-state index in [4.69, 9.17) is 4.42 Å². The van der Waals surface area contributed by atoms with E-state index in [0.29, 0.717) is 11.7 Å². The summed E-state index contributed by atoms with van der Waals surface area (Å²) < 4.78 is 5.67. The zero-order valence-corrected chi connectivity index (χ0v) is 12.0. The fraction of sp³-hybridized carbons (Fsp3) is 0.444. The molecule has 3 rings (SSSR count). The summed E-state index contributed by atoms with van der Waals surface area (Å²) in [6.45, 7) is 2.06. The molecule has 2 aromatic rings. The molecule has 1 aromatic carbocycles. The Hall–Kier alpha value is -1.54. The average molecular weight is 270 g/mol. The van der Waals surface area contributed by atoms with Crippen molar-refractivity contribution in [1.82, 2.24) is 0 Å². The molecule has 0 saturated heterocycles. The van der Waals surface area contributed by atoms with Crippen LogP contribution in [-0.4, -0.2) is 5.11 Å². The van der Waals surface area contributed by atoms with Crippen molar-refractivity contribution in [3.8, 4) is 0 Å². The summed E-state index contributed by atoms with van der Waals surface area (Å²) in [4.78, 5) is 0. The van der Waals surface area contributed by atoms with Crippen molar-refractivity contribution in [2.75, 3.05) is 0 Å². The van der Waals surface area contributed by atoms with Crippen LogP contribution in [0.15, 0.2) is 40.8 Å². The van der Waals surface area contributed by atoms with Gasteiger partial charge in [0.1, 0.15) is 17.6 Å². The molecule has 1 heterocycles. The van der Waals surface area contributed by atoms with Gasteiger partial charge in [0.2, 0.25) is 0 Å². The summed E-state index contributed by atoms with van der Waals surface area (Å²) in [6.07, 6.45) is 4.68. The van der Waals surface area contributed by atoms with Crippen molar-refractivity contribution in [2.45, 2.75) is 51.0 Å². The summed E-state index contributed by atoms with van der Waals surface area (Å²) in [7, 11) is 0. The number of rotatable bonds is 4. The van der Waals surface area contributed by atoms with Crippen LogP contribution in [-0.2, 0) is 12.8 Å². The second kappa shape index (κ2) is 5.84. The van der Waals surface area contributed by atoms with Crippen molar-refractivity contribution in [1.29, 1.82) is 0 Å². The fourth-order valence-electron chi connectivity index (χ4n) is 3.25. The van der Waals surface area contributed by atoms with E-state index in [1.165, 1.54) is 24.0 Å². The van der Waals surface area contributed by atoms with Gasteiger partial charge >= 0.3 is 0 Å². The minimum atomic E-state index is -0.494. The molecule has 0 bridgehead atoms. The molecule has 2 heteroatoms. The van der Waals surface area contributed by atoms with E-state index in [0.717, 1.165) is 25.0 Å². The Labute approximate surface area is 120 Å². The van der Waals surface area contributed by atoms with Crippen LogP contribution in [0.2, 0.25) is 0 Å². The van der Waals surface area contributed by atoms with E-state index < -0.39 is 6.10 Å². The van der Waals surface area contributed by atoms with Gasteiger partial charge in [0, 0.05) is 6.42 Å². The van der Waals surface area contributed by atoms with E-state index in [2.05, 4.69) is 31.2 Å². The van der Waals surface area contributed by atoms with Crippen LogP contribution in [0.5, 0.6) is 0 Å². The largest absolute Gasteiger partial charge is 0.463 e. The molecule has 0 aliphatic heterocycles. The molecular weight excluding hydrogens is 248 g/mol. The number of hydrogen-bond acceptors (Lipinski definition) is 2. The molecular formula is C18H22O2. The smallest absolute Gasteiger partial charge is 0.132 e. The molecule has 2 unspecified atom stereocenters. The third kappa shape index (κ3) is 2.66. The lowest BCUT2D eigenvalue weighted by Crippen LogP contribution is -2.12. The van der Waals surface area contributed by atoms with Crippen molar-refractivity contribution < 1.29 is 9.52 Å². The van der Waals surface area contributed by atoms with Crippen LogP contribution in [0, 0.1) is 0 Å². The van der Waals surface area contributed by atoms with Gasteiger partial charge in [-0.1, -0.05) is 31.2 Å². The van der Waals surface area contributed by atoms with Crippen LogP contribution in [0.25, 0.3) is 0 Å². The molecule has 0 fully saturated rings. The lowest BCUT2D eigenvalue weighted by Gasteiger charge is -2.26.